The molecular formula is C19H26BrNO4. The van der Waals surface area contributed by atoms with Crippen molar-refractivity contribution in [1.29, 1.82) is 0 Å². The van der Waals surface area contributed by atoms with Crippen molar-refractivity contribution in [3.05, 3.63) is 27.7 Å². The van der Waals surface area contributed by atoms with Gasteiger partial charge in [-0.05, 0) is 44.9 Å². The molecule has 25 heavy (non-hydrogen) atoms. The molecule has 0 unspecified atom stereocenters. The van der Waals surface area contributed by atoms with E-state index >= 15 is 0 Å². The van der Waals surface area contributed by atoms with E-state index in [1.807, 2.05) is 32.9 Å². The van der Waals surface area contributed by atoms with Gasteiger partial charge in [0.1, 0.15) is 17.0 Å². The zero-order valence-electron chi connectivity index (χ0n) is 15.3. The lowest BCUT2D eigenvalue weighted by Crippen LogP contribution is -2.45. The summed E-state index contributed by atoms with van der Waals surface area (Å²) in [7, 11) is 0. The number of aliphatic hydroxyl groups excluding tert-OH is 1. The van der Waals surface area contributed by atoms with Gasteiger partial charge >= 0.3 is 6.09 Å². The average molecular weight is 412 g/mol. The molecule has 0 bridgehead atoms. The normalized spacial score (nSPS) is 25.7. The summed E-state index contributed by atoms with van der Waals surface area (Å²) in [5.41, 5.74) is 0.834. The van der Waals surface area contributed by atoms with Gasteiger partial charge in [0.15, 0.2) is 0 Å². The third-order valence-electron chi connectivity index (χ3n) is 4.75. The molecule has 0 saturated carbocycles. The van der Waals surface area contributed by atoms with Gasteiger partial charge in [-0.1, -0.05) is 22.9 Å². The lowest BCUT2D eigenvalue weighted by molar-refractivity contribution is -0.0137. The van der Waals surface area contributed by atoms with Gasteiger partial charge in [-0.3, -0.25) is 0 Å². The van der Waals surface area contributed by atoms with Crippen molar-refractivity contribution in [3.8, 4) is 5.75 Å². The van der Waals surface area contributed by atoms with Crippen LogP contribution in [0.5, 0.6) is 5.75 Å². The van der Waals surface area contributed by atoms with Crippen LogP contribution in [0.25, 0.3) is 0 Å². The molecule has 1 saturated heterocycles. The van der Waals surface area contributed by atoms with Gasteiger partial charge in [-0.15, -0.1) is 0 Å². The van der Waals surface area contributed by atoms with Crippen molar-refractivity contribution in [2.75, 3.05) is 13.1 Å². The maximum atomic E-state index is 12.4. The minimum absolute atomic E-state index is 0.320. The Bertz CT molecular complexity index is 685. The molecule has 2 atom stereocenters. The Morgan fingerprint density at radius 2 is 2.20 bits per heavy atom. The van der Waals surface area contributed by atoms with E-state index in [4.69, 9.17) is 9.47 Å². The zero-order valence-corrected chi connectivity index (χ0v) is 16.9. The molecule has 1 aromatic carbocycles. The van der Waals surface area contributed by atoms with Gasteiger partial charge in [0.2, 0.25) is 0 Å². The highest BCUT2D eigenvalue weighted by Crippen LogP contribution is 2.46. The summed E-state index contributed by atoms with van der Waals surface area (Å²) in [4.78, 5) is 14.0. The first-order valence-electron chi connectivity index (χ1n) is 8.80. The third kappa shape index (κ3) is 3.80. The summed E-state index contributed by atoms with van der Waals surface area (Å²) in [6.07, 6.45) is 1.09. The molecule has 5 nitrogen and oxygen atoms in total. The fourth-order valence-electron chi connectivity index (χ4n) is 3.61. The lowest BCUT2D eigenvalue weighted by atomic mass is 9.87. The maximum absolute atomic E-state index is 12.4. The zero-order chi connectivity index (χ0) is 18.4. The summed E-state index contributed by atoms with van der Waals surface area (Å²) < 4.78 is 12.8. The summed E-state index contributed by atoms with van der Waals surface area (Å²) in [6, 6.07) is 3.96. The van der Waals surface area contributed by atoms with Gasteiger partial charge in [0.05, 0.1) is 12.6 Å². The number of rotatable bonds is 1. The van der Waals surface area contributed by atoms with Crippen LogP contribution < -0.4 is 4.74 Å². The standard InChI is InChI=1S/C19H26BrNO4/c1-5-12-8-13(20)9-14-15(22)10-19(24-16(12)14)6-7-21(11-19)17(23)25-18(2,3)4/h8-9,15,22H,5-7,10-11H2,1-4H3/t15-,19-/m1/s1. The number of benzene rings is 1. The molecular weight excluding hydrogens is 386 g/mol. The van der Waals surface area contributed by atoms with Crippen LogP contribution in [0.3, 0.4) is 0 Å². The number of aliphatic hydroxyl groups is 1. The highest BCUT2D eigenvalue weighted by atomic mass is 79.9. The highest BCUT2D eigenvalue weighted by molar-refractivity contribution is 9.10. The second-order valence-corrected chi connectivity index (χ2v) is 8.91. The van der Waals surface area contributed by atoms with Crippen LogP contribution in [-0.2, 0) is 11.2 Å². The number of halogens is 1. The first-order chi connectivity index (χ1) is 11.6. The van der Waals surface area contributed by atoms with Crippen molar-refractivity contribution in [2.24, 2.45) is 0 Å². The van der Waals surface area contributed by atoms with Crippen LogP contribution in [0, 0.1) is 0 Å². The Morgan fingerprint density at radius 1 is 1.48 bits per heavy atom. The van der Waals surface area contributed by atoms with Crippen molar-refractivity contribution < 1.29 is 19.4 Å². The Kier molecular flexibility index (Phi) is 4.79. The van der Waals surface area contributed by atoms with Crippen LogP contribution >= 0.6 is 15.9 Å². The average Bonchev–Trinajstić information content (AvgIpc) is 2.89. The topological polar surface area (TPSA) is 59.0 Å². The quantitative estimate of drug-likeness (QED) is 0.751. The van der Waals surface area contributed by atoms with Gasteiger partial charge in [-0.25, -0.2) is 4.79 Å². The molecule has 0 aliphatic carbocycles. The predicted molar refractivity (Wildman–Crippen MR) is 98.9 cm³/mol. The maximum Gasteiger partial charge on any atom is 0.410 e. The molecule has 2 aliphatic heterocycles. The van der Waals surface area contributed by atoms with Crippen molar-refractivity contribution in [3.63, 3.8) is 0 Å². The van der Waals surface area contributed by atoms with Gasteiger partial charge in [0, 0.05) is 29.4 Å². The van der Waals surface area contributed by atoms with E-state index in [0.29, 0.717) is 25.9 Å². The van der Waals surface area contributed by atoms with E-state index < -0.39 is 17.3 Å². The number of hydrogen-bond donors (Lipinski definition) is 1. The van der Waals surface area contributed by atoms with E-state index in [1.165, 1.54) is 0 Å². The molecule has 1 fully saturated rings. The minimum atomic E-state index is -0.592. The summed E-state index contributed by atoms with van der Waals surface area (Å²) in [6.45, 7) is 8.67. The number of nitrogens with zero attached hydrogens (tertiary/aromatic N) is 1. The van der Waals surface area contributed by atoms with Crippen LogP contribution in [0.1, 0.15) is 57.8 Å². The molecule has 1 amide bonds. The monoisotopic (exact) mass is 411 g/mol. The molecule has 138 valence electrons. The number of likely N-dealkylation sites (tertiary alicyclic amines) is 1. The van der Waals surface area contributed by atoms with Crippen LogP contribution in [-0.4, -0.2) is 40.4 Å². The first-order valence-corrected chi connectivity index (χ1v) is 9.59. The third-order valence-corrected chi connectivity index (χ3v) is 5.21. The number of aryl methyl sites for hydroxylation is 1. The predicted octanol–water partition coefficient (Wildman–Crippen LogP) is 4.21. The largest absolute Gasteiger partial charge is 0.485 e. The van der Waals surface area contributed by atoms with Crippen LogP contribution in [0.15, 0.2) is 16.6 Å². The number of fused-ring (bicyclic) bond motifs is 1. The second-order valence-electron chi connectivity index (χ2n) is 7.99. The Balaban J connectivity index is 1.83. The van der Waals surface area contributed by atoms with E-state index in [1.54, 1.807) is 4.90 Å². The number of carbonyl (C=O) groups excluding carboxylic acids is 1. The van der Waals surface area contributed by atoms with Crippen molar-refractivity contribution in [1.82, 2.24) is 4.90 Å². The highest BCUT2D eigenvalue weighted by Gasteiger charge is 2.48. The molecule has 1 N–H and O–H groups in total. The summed E-state index contributed by atoms with van der Waals surface area (Å²) in [5, 5.41) is 10.7. The fourth-order valence-corrected chi connectivity index (χ4v) is 4.13. The first kappa shape index (κ1) is 18.5. The van der Waals surface area contributed by atoms with Crippen molar-refractivity contribution >= 4 is 22.0 Å². The van der Waals surface area contributed by atoms with E-state index in [-0.39, 0.29) is 6.09 Å². The number of carbonyl (C=O) groups is 1. The van der Waals surface area contributed by atoms with Crippen LogP contribution in [0.4, 0.5) is 4.79 Å². The molecule has 0 radical (unpaired) electrons. The Hall–Kier alpha value is -1.27. The van der Waals surface area contributed by atoms with Crippen LogP contribution in [0.2, 0.25) is 0 Å². The second kappa shape index (κ2) is 6.47. The molecule has 3 rings (SSSR count). The molecule has 1 spiro atoms. The van der Waals surface area contributed by atoms with Gasteiger partial charge in [0.25, 0.3) is 0 Å². The molecule has 0 aromatic heterocycles. The number of amides is 1. The van der Waals surface area contributed by atoms with E-state index in [9.17, 15) is 9.90 Å². The molecule has 2 aliphatic rings. The summed E-state index contributed by atoms with van der Waals surface area (Å²) >= 11 is 3.50. The Labute approximate surface area is 157 Å². The molecule has 1 aromatic rings. The minimum Gasteiger partial charge on any atom is -0.485 e. The van der Waals surface area contributed by atoms with E-state index in [2.05, 4.69) is 22.9 Å². The fraction of sp³-hybridized carbons (Fsp3) is 0.632. The molecule has 6 heteroatoms. The lowest BCUT2D eigenvalue weighted by Gasteiger charge is -2.39. The summed E-state index contributed by atoms with van der Waals surface area (Å²) in [5.74, 6) is 0.774. The van der Waals surface area contributed by atoms with Crippen molar-refractivity contribution in [2.45, 2.75) is 64.3 Å². The smallest absolute Gasteiger partial charge is 0.410 e. The Morgan fingerprint density at radius 3 is 2.84 bits per heavy atom. The van der Waals surface area contributed by atoms with Gasteiger partial charge < -0.3 is 19.5 Å². The SMILES string of the molecule is CCc1cc(Br)cc2c1O[C@]1(CCN(C(=O)OC(C)(C)C)C1)C[C@H]2O. The van der Waals surface area contributed by atoms with Gasteiger partial charge in [-0.2, -0.15) is 0 Å². The molecule has 2 heterocycles. The van der Waals surface area contributed by atoms with E-state index in [0.717, 1.165) is 27.8 Å². The number of hydrogen-bond acceptors (Lipinski definition) is 4. The number of ether oxygens (including phenoxy) is 2.